The van der Waals surface area contributed by atoms with Crippen LogP contribution in [0.15, 0.2) is 36.4 Å². The smallest absolute Gasteiger partial charge is 0.336 e. The number of hydrogen-bond donors (Lipinski definition) is 2. The first-order chi connectivity index (χ1) is 9.88. The van der Waals surface area contributed by atoms with Crippen LogP contribution in [-0.4, -0.2) is 16.2 Å². The fourth-order valence-corrected chi connectivity index (χ4v) is 2.32. The first kappa shape index (κ1) is 15.7. The van der Waals surface area contributed by atoms with E-state index in [4.69, 9.17) is 34.8 Å². The second kappa shape index (κ2) is 6.39. The highest BCUT2D eigenvalue weighted by Crippen LogP contribution is 2.30. The Balaban J connectivity index is 2.57. The van der Waals surface area contributed by atoms with Crippen molar-refractivity contribution in [3.63, 3.8) is 0 Å². The Bertz CT molecular complexity index is 739. The Kier molecular flexibility index (Phi) is 4.78. The van der Waals surface area contributed by atoms with Crippen molar-refractivity contribution >= 4 is 52.4 Å². The van der Waals surface area contributed by atoms with Crippen LogP contribution in [0.1, 0.15) is 11.1 Å². The van der Waals surface area contributed by atoms with Gasteiger partial charge in [-0.15, -0.1) is 0 Å². The van der Waals surface area contributed by atoms with Crippen LogP contribution in [0.5, 0.6) is 5.75 Å². The van der Waals surface area contributed by atoms with Crippen LogP contribution >= 0.6 is 34.8 Å². The second-order valence-corrected chi connectivity index (χ2v) is 5.45. The van der Waals surface area contributed by atoms with Gasteiger partial charge in [0.05, 0.1) is 10.6 Å². The molecule has 2 N–H and O–H groups in total. The highest BCUT2D eigenvalue weighted by Gasteiger charge is 2.15. The zero-order valence-electron chi connectivity index (χ0n) is 10.5. The lowest BCUT2D eigenvalue weighted by Crippen LogP contribution is -2.00. The molecule has 0 saturated heterocycles. The standard InChI is InChI=1S/C15H9Cl3O3/c16-9-2-3-12(17)10(7-9)11(15(20)21)5-8-1-4-14(19)13(18)6-8/h1-7,19H,(H,20,21)/b11-5-. The fraction of sp³-hybridized carbons (Fsp3) is 0. The van der Waals surface area contributed by atoms with Crippen molar-refractivity contribution in [2.24, 2.45) is 0 Å². The number of carboxylic acids is 1. The minimum Gasteiger partial charge on any atom is -0.506 e. The van der Waals surface area contributed by atoms with E-state index in [1.807, 2.05) is 0 Å². The van der Waals surface area contributed by atoms with Crippen LogP contribution in [0.3, 0.4) is 0 Å². The molecule has 0 heterocycles. The summed E-state index contributed by atoms with van der Waals surface area (Å²) < 4.78 is 0. The van der Waals surface area contributed by atoms with Gasteiger partial charge in [0.25, 0.3) is 0 Å². The van der Waals surface area contributed by atoms with Gasteiger partial charge in [-0.3, -0.25) is 0 Å². The molecule has 21 heavy (non-hydrogen) atoms. The zero-order valence-corrected chi connectivity index (χ0v) is 12.7. The number of aromatic hydroxyl groups is 1. The zero-order chi connectivity index (χ0) is 15.6. The quantitative estimate of drug-likeness (QED) is 0.610. The van der Waals surface area contributed by atoms with Crippen molar-refractivity contribution in [3.05, 3.63) is 62.6 Å². The molecule has 0 unspecified atom stereocenters. The molecule has 0 aromatic heterocycles. The third kappa shape index (κ3) is 3.70. The number of rotatable bonds is 3. The molecule has 0 amide bonds. The minimum absolute atomic E-state index is 0.0238. The summed E-state index contributed by atoms with van der Waals surface area (Å²) in [5, 5.41) is 19.5. The summed E-state index contributed by atoms with van der Waals surface area (Å²) in [7, 11) is 0. The van der Waals surface area contributed by atoms with E-state index in [0.29, 0.717) is 16.1 Å². The van der Waals surface area contributed by atoms with E-state index in [1.165, 1.54) is 30.3 Å². The summed E-state index contributed by atoms with van der Waals surface area (Å²) in [4.78, 5) is 11.5. The molecule has 0 aliphatic rings. The Morgan fingerprint density at radius 2 is 1.71 bits per heavy atom. The molecule has 2 rings (SSSR count). The third-order valence-electron chi connectivity index (χ3n) is 2.73. The van der Waals surface area contributed by atoms with E-state index in [-0.39, 0.29) is 21.4 Å². The molecule has 2 aromatic carbocycles. The predicted molar refractivity (Wildman–Crippen MR) is 85.1 cm³/mol. The molecular formula is C15H9Cl3O3. The molecule has 3 nitrogen and oxygen atoms in total. The van der Waals surface area contributed by atoms with Gasteiger partial charge < -0.3 is 10.2 Å². The Morgan fingerprint density at radius 3 is 2.33 bits per heavy atom. The van der Waals surface area contributed by atoms with Crippen LogP contribution in [0, 0.1) is 0 Å². The highest BCUT2D eigenvalue weighted by atomic mass is 35.5. The van der Waals surface area contributed by atoms with Crippen LogP contribution in [0.4, 0.5) is 0 Å². The summed E-state index contributed by atoms with van der Waals surface area (Å²) in [6, 6.07) is 8.96. The number of carboxylic acid groups (broad SMARTS) is 1. The van der Waals surface area contributed by atoms with E-state index in [9.17, 15) is 15.0 Å². The number of hydrogen-bond acceptors (Lipinski definition) is 2. The molecule has 0 aliphatic carbocycles. The van der Waals surface area contributed by atoms with Gasteiger partial charge >= 0.3 is 5.97 Å². The molecule has 6 heteroatoms. The topological polar surface area (TPSA) is 57.5 Å². The normalized spacial score (nSPS) is 11.5. The molecule has 108 valence electrons. The van der Waals surface area contributed by atoms with Crippen LogP contribution in [-0.2, 0) is 4.79 Å². The number of phenols is 1. The van der Waals surface area contributed by atoms with Gasteiger partial charge in [-0.1, -0.05) is 40.9 Å². The van der Waals surface area contributed by atoms with Gasteiger partial charge in [0.1, 0.15) is 5.75 Å². The van der Waals surface area contributed by atoms with Gasteiger partial charge in [-0.2, -0.15) is 0 Å². The van der Waals surface area contributed by atoms with E-state index in [2.05, 4.69) is 0 Å². The molecule has 0 spiro atoms. The number of carbonyl (C=O) groups is 1. The Morgan fingerprint density at radius 1 is 1.00 bits per heavy atom. The third-order valence-corrected chi connectivity index (χ3v) is 3.60. The molecule has 0 radical (unpaired) electrons. The second-order valence-electron chi connectivity index (χ2n) is 4.20. The average molecular weight is 344 g/mol. The Hall–Kier alpha value is -1.68. The highest BCUT2D eigenvalue weighted by molar-refractivity contribution is 6.37. The van der Waals surface area contributed by atoms with Crippen LogP contribution in [0.25, 0.3) is 11.6 Å². The molecule has 0 aliphatic heterocycles. The van der Waals surface area contributed by atoms with Gasteiger partial charge in [0, 0.05) is 15.6 Å². The van der Waals surface area contributed by atoms with Gasteiger partial charge in [0.15, 0.2) is 0 Å². The first-order valence-electron chi connectivity index (χ1n) is 5.77. The van der Waals surface area contributed by atoms with Crippen LogP contribution < -0.4 is 0 Å². The lowest BCUT2D eigenvalue weighted by atomic mass is 10.0. The molecule has 0 bridgehead atoms. The van der Waals surface area contributed by atoms with Crippen molar-refractivity contribution in [1.29, 1.82) is 0 Å². The van der Waals surface area contributed by atoms with E-state index in [0.717, 1.165) is 0 Å². The maximum absolute atomic E-state index is 11.5. The predicted octanol–water partition coefficient (Wildman–Crippen LogP) is 4.98. The van der Waals surface area contributed by atoms with Crippen molar-refractivity contribution in [2.45, 2.75) is 0 Å². The minimum atomic E-state index is -1.15. The number of benzene rings is 2. The van der Waals surface area contributed by atoms with Crippen molar-refractivity contribution < 1.29 is 15.0 Å². The monoisotopic (exact) mass is 342 g/mol. The van der Waals surface area contributed by atoms with E-state index < -0.39 is 5.97 Å². The average Bonchev–Trinajstić information content (AvgIpc) is 2.42. The van der Waals surface area contributed by atoms with Crippen molar-refractivity contribution in [1.82, 2.24) is 0 Å². The Labute approximate surface area is 136 Å². The first-order valence-corrected chi connectivity index (χ1v) is 6.91. The summed E-state index contributed by atoms with van der Waals surface area (Å²) >= 11 is 17.7. The summed E-state index contributed by atoms with van der Waals surface area (Å²) in [6.45, 7) is 0. The summed E-state index contributed by atoms with van der Waals surface area (Å²) in [5.41, 5.74) is 0.802. The fourth-order valence-electron chi connectivity index (χ4n) is 1.74. The van der Waals surface area contributed by atoms with E-state index >= 15 is 0 Å². The van der Waals surface area contributed by atoms with Crippen molar-refractivity contribution in [3.8, 4) is 5.75 Å². The molecule has 0 atom stereocenters. The summed E-state index contributed by atoms with van der Waals surface area (Å²) in [5.74, 6) is -1.23. The van der Waals surface area contributed by atoms with Crippen LogP contribution in [0.2, 0.25) is 15.1 Å². The maximum Gasteiger partial charge on any atom is 0.336 e. The number of halogens is 3. The van der Waals surface area contributed by atoms with Gasteiger partial charge in [0.2, 0.25) is 0 Å². The lowest BCUT2D eigenvalue weighted by molar-refractivity contribution is -0.130. The largest absolute Gasteiger partial charge is 0.506 e. The molecule has 0 saturated carbocycles. The van der Waals surface area contributed by atoms with Crippen molar-refractivity contribution in [2.75, 3.05) is 0 Å². The summed E-state index contributed by atoms with van der Waals surface area (Å²) in [6.07, 6.45) is 1.41. The molecule has 2 aromatic rings. The molecular weight excluding hydrogens is 335 g/mol. The number of phenolic OH excluding ortho intramolecular Hbond substituents is 1. The van der Waals surface area contributed by atoms with E-state index in [1.54, 1.807) is 12.1 Å². The van der Waals surface area contributed by atoms with Gasteiger partial charge in [-0.05, 0) is 42.0 Å². The number of aliphatic carboxylic acids is 1. The lowest BCUT2D eigenvalue weighted by Gasteiger charge is -2.07. The maximum atomic E-state index is 11.5. The SMILES string of the molecule is O=C(O)/C(=C\c1ccc(O)c(Cl)c1)c1cc(Cl)ccc1Cl. The van der Waals surface area contributed by atoms with Gasteiger partial charge in [-0.25, -0.2) is 4.79 Å². The molecule has 0 fully saturated rings.